The molecule has 3 rings (SSSR count). The Balaban J connectivity index is 1.47. The Kier molecular flexibility index (Phi) is 6.56. The molecule has 1 heterocycles. The van der Waals surface area contributed by atoms with Crippen molar-refractivity contribution in [3.05, 3.63) is 59.9 Å². The first-order chi connectivity index (χ1) is 13.8. The van der Waals surface area contributed by atoms with Crippen LogP contribution in [0, 0.1) is 17.5 Å². The van der Waals surface area contributed by atoms with Gasteiger partial charge in [-0.25, -0.2) is 21.6 Å². The van der Waals surface area contributed by atoms with Crippen molar-refractivity contribution in [3.8, 4) is 0 Å². The first-order valence-electron chi connectivity index (χ1n) is 8.99. The monoisotopic (exact) mass is 427 g/mol. The third kappa shape index (κ3) is 5.34. The van der Waals surface area contributed by atoms with Crippen LogP contribution in [0.2, 0.25) is 0 Å². The highest BCUT2D eigenvalue weighted by molar-refractivity contribution is 7.89. The topological polar surface area (TPSA) is 69.7 Å². The summed E-state index contributed by atoms with van der Waals surface area (Å²) in [7, 11) is -3.69. The summed E-state index contributed by atoms with van der Waals surface area (Å²) in [6.45, 7) is 1.80. The molecule has 0 aromatic heterocycles. The number of piperazine rings is 1. The smallest absolute Gasteiger partial charge is 0.243 e. The van der Waals surface area contributed by atoms with Gasteiger partial charge in [0.1, 0.15) is 5.82 Å². The summed E-state index contributed by atoms with van der Waals surface area (Å²) < 4.78 is 65.6. The molecule has 0 saturated carbocycles. The van der Waals surface area contributed by atoms with Crippen molar-refractivity contribution >= 4 is 21.6 Å². The second-order valence-electron chi connectivity index (χ2n) is 6.63. The fourth-order valence-electron chi connectivity index (χ4n) is 3.01. The van der Waals surface area contributed by atoms with E-state index in [1.54, 1.807) is 0 Å². The number of sulfonamides is 1. The van der Waals surface area contributed by atoms with Gasteiger partial charge in [0.15, 0.2) is 11.6 Å². The number of carbonyl (C=O) groups is 1. The Bertz CT molecular complexity index is 976. The number of nitrogens with one attached hydrogen (secondary N) is 1. The standard InChI is InChI=1S/C19H20F3N3O3S/c20-14-1-4-16(5-2-14)29(27,28)25-11-9-24(10-12-25)8-7-19(26)23-15-3-6-17(21)18(22)13-15/h1-6,13H,7-12H2,(H,23,26). The Morgan fingerprint density at radius 3 is 2.21 bits per heavy atom. The molecular formula is C19H20F3N3O3S. The SMILES string of the molecule is O=C(CCN1CCN(S(=O)(=O)c2ccc(F)cc2)CC1)Nc1ccc(F)c(F)c1. The van der Waals surface area contributed by atoms with Crippen molar-refractivity contribution < 1.29 is 26.4 Å². The van der Waals surface area contributed by atoms with Crippen LogP contribution in [0.15, 0.2) is 47.4 Å². The second kappa shape index (κ2) is 8.93. The van der Waals surface area contributed by atoms with Gasteiger partial charge in [-0.3, -0.25) is 4.79 Å². The third-order valence-corrected chi connectivity index (χ3v) is 6.55. The summed E-state index contributed by atoms with van der Waals surface area (Å²) in [6, 6.07) is 7.80. The zero-order chi connectivity index (χ0) is 21.0. The first kappa shape index (κ1) is 21.3. The van der Waals surface area contributed by atoms with E-state index in [9.17, 15) is 26.4 Å². The molecule has 10 heteroatoms. The van der Waals surface area contributed by atoms with E-state index in [1.807, 2.05) is 4.90 Å². The molecule has 29 heavy (non-hydrogen) atoms. The molecular weight excluding hydrogens is 407 g/mol. The van der Waals surface area contributed by atoms with E-state index < -0.39 is 27.5 Å². The summed E-state index contributed by atoms with van der Waals surface area (Å²) in [5, 5.41) is 2.50. The highest BCUT2D eigenvalue weighted by Gasteiger charge is 2.28. The molecule has 1 N–H and O–H groups in total. The lowest BCUT2D eigenvalue weighted by atomic mass is 10.2. The summed E-state index contributed by atoms with van der Waals surface area (Å²) in [4.78, 5) is 14.0. The summed E-state index contributed by atoms with van der Waals surface area (Å²) >= 11 is 0. The Morgan fingerprint density at radius 2 is 1.59 bits per heavy atom. The number of halogens is 3. The van der Waals surface area contributed by atoms with Crippen LogP contribution in [0.25, 0.3) is 0 Å². The van der Waals surface area contributed by atoms with Crippen molar-refractivity contribution in [2.75, 3.05) is 38.0 Å². The Labute approximate surface area is 167 Å². The molecule has 1 amide bonds. The average molecular weight is 427 g/mol. The summed E-state index contributed by atoms with van der Waals surface area (Å²) in [5.74, 6) is -2.88. The van der Waals surface area contributed by atoms with Crippen molar-refractivity contribution in [2.24, 2.45) is 0 Å². The fourth-order valence-corrected chi connectivity index (χ4v) is 4.43. The van der Waals surface area contributed by atoms with Gasteiger partial charge in [0, 0.05) is 50.9 Å². The molecule has 1 aliphatic heterocycles. The van der Waals surface area contributed by atoms with Crippen molar-refractivity contribution in [2.45, 2.75) is 11.3 Å². The maximum Gasteiger partial charge on any atom is 0.243 e. The minimum absolute atomic E-state index is 0.0401. The van der Waals surface area contributed by atoms with E-state index in [-0.39, 0.29) is 36.0 Å². The third-order valence-electron chi connectivity index (χ3n) is 4.64. The fraction of sp³-hybridized carbons (Fsp3) is 0.316. The van der Waals surface area contributed by atoms with Crippen LogP contribution in [0.1, 0.15) is 6.42 Å². The van der Waals surface area contributed by atoms with Gasteiger partial charge in [-0.2, -0.15) is 4.31 Å². The zero-order valence-electron chi connectivity index (χ0n) is 15.4. The number of amides is 1. The van der Waals surface area contributed by atoms with Gasteiger partial charge in [-0.05, 0) is 36.4 Å². The number of carbonyl (C=O) groups excluding carboxylic acids is 1. The van der Waals surface area contributed by atoms with Gasteiger partial charge >= 0.3 is 0 Å². The van der Waals surface area contributed by atoms with Gasteiger partial charge < -0.3 is 10.2 Å². The van der Waals surface area contributed by atoms with E-state index in [1.165, 1.54) is 22.5 Å². The highest BCUT2D eigenvalue weighted by Crippen LogP contribution is 2.18. The van der Waals surface area contributed by atoms with Gasteiger partial charge in [-0.15, -0.1) is 0 Å². The summed E-state index contributed by atoms with van der Waals surface area (Å²) in [6.07, 6.45) is 0.129. The van der Waals surface area contributed by atoms with Crippen molar-refractivity contribution in [3.63, 3.8) is 0 Å². The van der Waals surface area contributed by atoms with Crippen molar-refractivity contribution in [1.29, 1.82) is 0 Å². The Morgan fingerprint density at radius 1 is 0.931 bits per heavy atom. The van der Waals surface area contributed by atoms with E-state index >= 15 is 0 Å². The van der Waals surface area contributed by atoms with Crippen LogP contribution in [0.5, 0.6) is 0 Å². The average Bonchev–Trinajstić information content (AvgIpc) is 2.70. The normalized spacial score (nSPS) is 16.0. The molecule has 0 aliphatic carbocycles. The number of nitrogens with zero attached hydrogens (tertiary/aromatic N) is 2. The molecule has 1 saturated heterocycles. The minimum atomic E-state index is -3.69. The molecule has 2 aromatic carbocycles. The highest BCUT2D eigenvalue weighted by atomic mass is 32.2. The molecule has 0 bridgehead atoms. The van der Waals surface area contributed by atoms with Crippen molar-refractivity contribution in [1.82, 2.24) is 9.21 Å². The molecule has 2 aromatic rings. The predicted octanol–water partition coefficient (Wildman–Crippen LogP) is 2.44. The Hall–Kier alpha value is -2.43. The second-order valence-corrected chi connectivity index (χ2v) is 8.56. The molecule has 0 radical (unpaired) electrons. The van der Waals surface area contributed by atoms with Crippen LogP contribution in [0.4, 0.5) is 18.9 Å². The number of anilines is 1. The largest absolute Gasteiger partial charge is 0.326 e. The van der Waals surface area contributed by atoms with E-state index in [2.05, 4.69) is 5.32 Å². The molecule has 0 spiro atoms. The van der Waals surface area contributed by atoms with Crippen LogP contribution >= 0.6 is 0 Å². The van der Waals surface area contributed by atoms with E-state index in [4.69, 9.17) is 0 Å². The molecule has 0 unspecified atom stereocenters. The van der Waals surface area contributed by atoms with Crippen LogP contribution in [-0.4, -0.2) is 56.3 Å². The lowest BCUT2D eigenvalue weighted by molar-refractivity contribution is -0.116. The van der Waals surface area contributed by atoms with Gasteiger partial charge in [0.25, 0.3) is 0 Å². The summed E-state index contributed by atoms with van der Waals surface area (Å²) in [5.41, 5.74) is 0.170. The van der Waals surface area contributed by atoms with Gasteiger partial charge in [0.05, 0.1) is 4.90 Å². The maximum absolute atomic E-state index is 13.2. The molecule has 0 atom stereocenters. The lowest BCUT2D eigenvalue weighted by Crippen LogP contribution is -2.49. The van der Waals surface area contributed by atoms with E-state index in [0.29, 0.717) is 19.6 Å². The number of benzene rings is 2. The molecule has 6 nitrogen and oxygen atoms in total. The molecule has 156 valence electrons. The zero-order valence-corrected chi connectivity index (χ0v) is 16.3. The van der Waals surface area contributed by atoms with Crippen LogP contribution in [0.3, 0.4) is 0 Å². The maximum atomic E-state index is 13.2. The van der Waals surface area contributed by atoms with Crippen LogP contribution in [-0.2, 0) is 14.8 Å². The lowest BCUT2D eigenvalue weighted by Gasteiger charge is -2.33. The predicted molar refractivity (Wildman–Crippen MR) is 101 cm³/mol. The van der Waals surface area contributed by atoms with E-state index in [0.717, 1.165) is 24.3 Å². The van der Waals surface area contributed by atoms with Gasteiger partial charge in [0.2, 0.25) is 15.9 Å². The van der Waals surface area contributed by atoms with Gasteiger partial charge in [-0.1, -0.05) is 0 Å². The number of hydrogen-bond donors (Lipinski definition) is 1. The minimum Gasteiger partial charge on any atom is -0.326 e. The number of hydrogen-bond acceptors (Lipinski definition) is 4. The molecule has 1 fully saturated rings. The number of rotatable bonds is 6. The van der Waals surface area contributed by atoms with Crippen LogP contribution < -0.4 is 5.32 Å². The molecule has 1 aliphatic rings. The first-order valence-corrected chi connectivity index (χ1v) is 10.4. The quantitative estimate of drug-likeness (QED) is 0.769.